The van der Waals surface area contributed by atoms with Crippen molar-refractivity contribution in [1.29, 1.82) is 0 Å². The van der Waals surface area contributed by atoms with Crippen molar-refractivity contribution in [2.75, 3.05) is 7.11 Å². The van der Waals surface area contributed by atoms with Crippen molar-refractivity contribution >= 4 is 0 Å². The van der Waals surface area contributed by atoms with Crippen molar-refractivity contribution in [3.05, 3.63) is 52.2 Å². The van der Waals surface area contributed by atoms with E-state index in [0.717, 1.165) is 16.9 Å². The molecule has 5 heteroatoms. The van der Waals surface area contributed by atoms with E-state index in [1.54, 1.807) is 28.6 Å². The first-order chi connectivity index (χ1) is 9.19. The lowest BCUT2D eigenvalue weighted by molar-refractivity contribution is 0.408. The van der Waals surface area contributed by atoms with Gasteiger partial charge in [-0.15, -0.1) is 0 Å². The Balaban J connectivity index is 2.36. The highest BCUT2D eigenvalue weighted by Gasteiger charge is 2.08. The van der Waals surface area contributed by atoms with Crippen LogP contribution in [0, 0.1) is 0 Å². The van der Waals surface area contributed by atoms with Gasteiger partial charge >= 0.3 is 5.69 Å². The van der Waals surface area contributed by atoms with Crippen LogP contribution in [0.3, 0.4) is 0 Å². The van der Waals surface area contributed by atoms with Crippen LogP contribution in [0.15, 0.2) is 35.4 Å². The van der Waals surface area contributed by atoms with Crippen molar-refractivity contribution in [1.82, 2.24) is 9.13 Å². The molecule has 102 valence electrons. The number of methoxy groups -OCH3 is 1. The van der Waals surface area contributed by atoms with Gasteiger partial charge in [-0.2, -0.15) is 0 Å². The molecule has 0 unspecified atom stereocenters. The minimum atomic E-state index is -0.0114. The number of nitrogens with zero attached hydrogens (tertiary/aromatic N) is 2. The summed E-state index contributed by atoms with van der Waals surface area (Å²) in [5, 5.41) is 0. The van der Waals surface area contributed by atoms with Gasteiger partial charge in [0, 0.05) is 31.0 Å². The molecule has 2 rings (SSSR count). The molecular weight excluding hydrogens is 242 g/mol. The summed E-state index contributed by atoms with van der Waals surface area (Å²) in [4.78, 5) is 12.0. The first kappa shape index (κ1) is 13.4. The Hall–Kier alpha value is -2.01. The van der Waals surface area contributed by atoms with Gasteiger partial charge in [-0.05, 0) is 24.6 Å². The summed E-state index contributed by atoms with van der Waals surface area (Å²) >= 11 is 0. The molecule has 0 atom stereocenters. The van der Waals surface area contributed by atoms with E-state index in [4.69, 9.17) is 10.5 Å². The fourth-order valence-corrected chi connectivity index (χ4v) is 2.08. The van der Waals surface area contributed by atoms with E-state index >= 15 is 0 Å². The van der Waals surface area contributed by atoms with Crippen molar-refractivity contribution in [3.8, 4) is 5.75 Å². The van der Waals surface area contributed by atoms with E-state index in [-0.39, 0.29) is 5.69 Å². The Bertz CT molecular complexity index is 613. The average Bonchev–Trinajstić information content (AvgIpc) is 2.79. The van der Waals surface area contributed by atoms with Crippen LogP contribution in [0.25, 0.3) is 0 Å². The normalized spacial score (nSPS) is 10.7. The molecule has 5 nitrogen and oxygen atoms in total. The molecule has 0 aliphatic heterocycles. The van der Waals surface area contributed by atoms with Gasteiger partial charge in [0.25, 0.3) is 0 Å². The van der Waals surface area contributed by atoms with E-state index in [9.17, 15) is 4.79 Å². The van der Waals surface area contributed by atoms with Crippen molar-refractivity contribution < 1.29 is 4.74 Å². The fraction of sp³-hybridized carbons (Fsp3) is 0.357. The number of hydrogen-bond donors (Lipinski definition) is 1. The monoisotopic (exact) mass is 261 g/mol. The van der Waals surface area contributed by atoms with E-state index in [0.29, 0.717) is 19.6 Å². The average molecular weight is 261 g/mol. The highest BCUT2D eigenvalue weighted by molar-refractivity contribution is 5.37. The molecule has 0 aliphatic carbocycles. The van der Waals surface area contributed by atoms with Crippen LogP contribution in [0.2, 0.25) is 0 Å². The molecule has 0 saturated heterocycles. The summed E-state index contributed by atoms with van der Waals surface area (Å²) in [5.41, 5.74) is 7.62. The van der Waals surface area contributed by atoms with Gasteiger partial charge in [0.05, 0.1) is 13.7 Å². The number of aromatic nitrogens is 2. The summed E-state index contributed by atoms with van der Waals surface area (Å²) in [6.07, 6.45) is 3.59. The van der Waals surface area contributed by atoms with Gasteiger partial charge in [0.15, 0.2) is 0 Å². The maximum absolute atomic E-state index is 12.0. The number of rotatable bonds is 5. The maximum atomic E-state index is 12.0. The quantitative estimate of drug-likeness (QED) is 0.879. The van der Waals surface area contributed by atoms with E-state index in [2.05, 4.69) is 0 Å². The van der Waals surface area contributed by atoms with Crippen LogP contribution in [0.4, 0.5) is 0 Å². The summed E-state index contributed by atoms with van der Waals surface area (Å²) in [5.74, 6) is 0.772. The molecule has 0 spiro atoms. The summed E-state index contributed by atoms with van der Waals surface area (Å²) in [6, 6.07) is 5.80. The second-order valence-electron chi connectivity index (χ2n) is 4.34. The second kappa shape index (κ2) is 5.75. The molecule has 1 aromatic heterocycles. The minimum Gasteiger partial charge on any atom is -0.496 e. The highest BCUT2D eigenvalue weighted by atomic mass is 16.5. The zero-order valence-corrected chi connectivity index (χ0v) is 11.3. The summed E-state index contributed by atoms with van der Waals surface area (Å²) in [7, 11) is 1.63. The van der Waals surface area contributed by atoms with Crippen molar-refractivity contribution in [3.63, 3.8) is 0 Å². The van der Waals surface area contributed by atoms with Gasteiger partial charge < -0.3 is 10.5 Å². The molecule has 1 heterocycles. The van der Waals surface area contributed by atoms with Crippen LogP contribution in [0.1, 0.15) is 18.1 Å². The standard InChI is InChI=1S/C14H19N3O2/c1-3-16-6-7-17(14(16)18)10-12-8-11(9-15)4-5-13(12)19-2/h4-8H,3,9-10,15H2,1-2H3. The molecule has 0 fully saturated rings. The molecule has 19 heavy (non-hydrogen) atoms. The van der Waals surface area contributed by atoms with E-state index in [1.165, 1.54) is 0 Å². The Labute approximate surface area is 112 Å². The zero-order valence-electron chi connectivity index (χ0n) is 11.3. The molecule has 0 radical (unpaired) electrons. The number of aryl methyl sites for hydroxylation is 1. The molecule has 2 aromatic rings. The fourth-order valence-electron chi connectivity index (χ4n) is 2.08. The summed E-state index contributed by atoms with van der Waals surface area (Å²) < 4.78 is 8.66. The Morgan fingerprint density at radius 2 is 2.00 bits per heavy atom. The number of hydrogen-bond acceptors (Lipinski definition) is 3. The lowest BCUT2D eigenvalue weighted by atomic mass is 10.1. The molecule has 0 aliphatic rings. The van der Waals surface area contributed by atoms with Crippen molar-refractivity contribution in [2.24, 2.45) is 5.73 Å². The molecule has 0 saturated carbocycles. The number of nitrogens with two attached hydrogens (primary N) is 1. The summed E-state index contributed by atoms with van der Waals surface area (Å²) in [6.45, 7) is 3.58. The Morgan fingerprint density at radius 3 is 2.58 bits per heavy atom. The van der Waals surface area contributed by atoms with Gasteiger partial charge in [0.1, 0.15) is 5.75 Å². The molecule has 2 N–H and O–H groups in total. The van der Waals surface area contributed by atoms with Crippen LogP contribution >= 0.6 is 0 Å². The largest absolute Gasteiger partial charge is 0.496 e. The third kappa shape index (κ3) is 2.71. The van der Waals surface area contributed by atoms with Gasteiger partial charge in [-0.25, -0.2) is 4.79 Å². The third-order valence-corrected chi connectivity index (χ3v) is 3.18. The highest BCUT2D eigenvalue weighted by Crippen LogP contribution is 2.20. The Kier molecular flexibility index (Phi) is 4.06. The minimum absolute atomic E-state index is 0.0114. The van der Waals surface area contributed by atoms with Gasteiger partial charge in [0.2, 0.25) is 0 Å². The van der Waals surface area contributed by atoms with Crippen LogP contribution in [-0.4, -0.2) is 16.2 Å². The first-order valence-electron chi connectivity index (χ1n) is 6.31. The van der Waals surface area contributed by atoms with E-state index in [1.807, 2.05) is 25.1 Å². The lowest BCUT2D eigenvalue weighted by Gasteiger charge is -2.10. The smallest absolute Gasteiger partial charge is 0.328 e. The third-order valence-electron chi connectivity index (χ3n) is 3.18. The number of imidazole rings is 1. The molecule has 1 aromatic carbocycles. The lowest BCUT2D eigenvalue weighted by Crippen LogP contribution is -2.24. The van der Waals surface area contributed by atoms with Gasteiger partial charge in [-0.3, -0.25) is 9.13 Å². The van der Waals surface area contributed by atoms with Crippen LogP contribution < -0.4 is 16.2 Å². The first-order valence-corrected chi connectivity index (χ1v) is 6.31. The van der Waals surface area contributed by atoms with Crippen LogP contribution in [-0.2, 0) is 19.6 Å². The van der Waals surface area contributed by atoms with Crippen LogP contribution in [0.5, 0.6) is 5.75 Å². The topological polar surface area (TPSA) is 62.2 Å². The maximum Gasteiger partial charge on any atom is 0.328 e. The van der Waals surface area contributed by atoms with Crippen molar-refractivity contribution in [2.45, 2.75) is 26.6 Å². The SMILES string of the molecule is CCn1ccn(Cc2cc(CN)ccc2OC)c1=O. The predicted molar refractivity (Wildman–Crippen MR) is 74.4 cm³/mol. The predicted octanol–water partition coefficient (Wildman–Crippen LogP) is 1.19. The second-order valence-corrected chi connectivity index (χ2v) is 4.34. The molecule has 0 amide bonds. The number of benzene rings is 1. The van der Waals surface area contributed by atoms with E-state index < -0.39 is 0 Å². The molecular formula is C14H19N3O2. The zero-order chi connectivity index (χ0) is 13.8. The van der Waals surface area contributed by atoms with Gasteiger partial charge in [-0.1, -0.05) is 6.07 Å². The molecule has 0 bridgehead atoms. The Morgan fingerprint density at radius 1 is 1.26 bits per heavy atom. The number of ether oxygens (including phenoxy) is 1.